The number of nitriles is 2. The number of carbonyl (C=O) groups is 1. The minimum absolute atomic E-state index is 0.195. The number of nitrogens with one attached hydrogen (secondary N) is 2. The number of ether oxygens (including phenoxy) is 3. The zero-order chi connectivity index (χ0) is 24.2. The number of fused-ring (bicyclic) bond motifs is 1. The molecular formula is C25H20N6O4. The van der Waals surface area contributed by atoms with Crippen LogP contribution in [0.25, 0.3) is 11.3 Å². The SMILES string of the molecule is N#Cc1cccc(NC(=O)O[C@@H]2CO[C@H]3[C@@H]2OC[C@@H]3Nc2nccc(-c3cccc(C#N)c3)n2)c1. The first-order valence-electron chi connectivity index (χ1n) is 10.9. The summed E-state index contributed by atoms with van der Waals surface area (Å²) in [4.78, 5) is 21.2. The maximum atomic E-state index is 12.4. The Labute approximate surface area is 201 Å². The lowest BCUT2D eigenvalue weighted by atomic mass is 10.1. The summed E-state index contributed by atoms with van der Waals surface area (Å²) in [6.45, 7) is 0.527. The number of anilines is 2. The van der Waals surface area contributed by atoms with Gasteiger partial charge in [-0.15, -0.1) is 0 Å². The van der Waals surface area contributed by atoms with E-state index in [0.29, 0.717) is 35.1 Å². The normalized spacial score (nSPS) is 22.5. The molecule has 4 atom stereocenters. The van der Waals surface area contributed by atoms with Crippen molar-refractivity contribution in [3.8, 4) is 23.4 Å². The fourth-order valence-electron chi connectivity index (χ4n) is 4.14. The van der Waals surface area contributed by atoms with Gasteiger partial charge in [-0.2, -0.15) is 10.5 Å². The molecule has 2 saturated heterocycles. The minimum Gasteiger partial charge on any atom is -0.441 e. The number of aromatic nitrogens is 2. The van der Waals surface area contributed by atoms with E-state index in [-0.39, 0.29) is 18.8 Å². The van der Waals surface area contributed by atoms with E-state index in [9.17, 15) is 4.79 Å². The predicted molar refractivity (Wildman–Crippen MR) is 124 cm³/mol. The topological polar surface area (TPSA) is 142 Å². The van der Waals surface area contributed by atoms with Gasteiger partial charge in [0.2, 0.25) is 5.95 Å². The summed E-state index contributed by atoms with van der Waals surface area (Å²) in [6.07, 6.45) is -0.357. The molecule has 0 unspecified atom stereocenters. The molecule has 3 aromatic rings. The molecule has 1 aromatic heterocycles. The molecule has 10 heteroatoms. The van der Waals surface area contributed by atoms with Gasteiger partial charge in [0.05, 0.1) is 48.2 Å². The second kappa shape index (κ2) is 9.77. The van der Waals surface area contributed by atoms with E-state index in [2.05, 4.69) is 26.7 Å². The first-order chi connectivity index (χ1) is 17.1. The zero-order valence-electron chi connectivity index (χ0n) is 18.4. The summed E-state index contributed by atoms with van der Waals surface area (Å²) in [7, 11) is 0. The highest BCUT2D eigenvalue weighted by molar-refractivity contribution is 5.85. The number of nitrogens with zero attached hydrogens (tertiary/aromatic N) is 4. The third kappa shape index (κ3) is 4.89. The van der Waals surface area contributed by atoms with E-state index in [1.54, 1.807) is 54.7 Å². The highest BCUT2D eigenvalue weighted by Crippen LogP contribution is 2.31. The molecule has 0 aliphatic carbocycles. The van der Waals surface area contributed by atoms with Gasteiger partial charge in [0.25, 0.3) is 0 Å². The molecule has 0 spiro atoms. The highest BCUT2D eigenvalue weighted by atomic mass is 16.6. The Morgan fingerprint density at radius 1 is 1.00 bits per heavy atom. The van der Waals surface area contributed by atoms with Crippen LogP contribution in [0.1, 0.15) is 11.1 Å². The van der Waals surface area contributed by atoms with Crippen molar-refractivity contribution >= 4 is 17.7 Å². The fraction of sp³-hybridized carbons (Fsp3) is 0.240. The van der Waals surface area contributed by atoms with E-state index in [4.69, 9.17) is 24.7 Å². The van der Waals surface area contributed by atoms with Crippen molar-refractivity contribution in [1.29, 1.82) is 10.5 Å². The van der Waals surface area contributed by atoms with Gasteiger partial charge in [-0.1, -0.05) is 18.2 Å². The fourth-order valence-corrected chi connectivity index (χ4v) is 4.14. The summed E-state index contributed by atoms with van der Waals surface area (Å²) in [6, 6.07) is 19.4. The Hall–Kier alpha value is -4.51. The molecule has 0 bridgehead atoms. The summed E-state index contributed by atoms with van der Waals surface area (Å²) >= 11 is 0. The molecule has 1 amide bonds. The van der Waals surface area contributed by atoms with Crippen LogP contribution in [0.4, 0.5) is 16.4 Å². The van der Waals surface area contributed by atoms with E-state index >= 15 is 0 Å². The molecular weight excluding hydrogens is 448 g/mol. The minimum atomic E-state index is -0.648. The van der Waals surface area contributed by atoms with Crippen LogP contribution in [0.5, 0.6) is 0 Å². The number of amides is 1. The van der Waals surface area contributed by atoms with Crippen LogP contribution in [-0.2, 0) is 14.2 Å². The maximum absolute atomic E-state index is 12.4. The van der Waals surface area contributed by atoms with Crippen LogP contribution in [-0.4, -0.2) is 53.6 Å². The summed E-state index contributed by atoms with van der Waals surface area (Å²) in [5.74, 6) is 0.405. The van der Waals surface area contributed by atoms with Gasteiger partial charge in [-0.25, -0.2) is 14.8 Å². The van der Waals surface area contributed by atoms with E-state index in [1.165, 1.54) is 0 Å². The van der Waals surface area contributed by atoms with Crippen LogP contribution >= 0.6 is 0 Å². The third-order valence-electron chi connectivity index (χ3n) is 5.76. The van der Waals surface area contributed by atoms with Crippen molar-refractivity contribution in [3.63, 3.8) is 0 Å². The number of benzene rings is 2. The number of carbonyl (C=O) groups excluding carboxylic acids is 1. The lowest BCUT2D eigenvalue weighted by molar-refractivity contribution is 0.00917. The summed E-state index contributed by atoms with van der Waals surface area (Å²) in [5, 5.41) is 24.0. The highest BCUT2D eigenvalue weighted by Gasteiger charge is 2.49. The Balaban J connectivity index is 1.20. The number of rotatable bonds is 5. The largest absolute Gasteiger partial charge is 0.441 e. The Morgan fingerprint density at radius 2 is 1.77 bits per heavy atom. The van der Waals surface area contributed by atoms with Crippen LogP contribution in [0, 0.1) is 22.7 Å². The maximum Gasteiger partial charge on any atom is 0.412 e. The van der Waals surface area contributed by atoms with E-state index < -0.39 is 18.3 Å². The van der Waals surface area contributed by atoms with Crippen molar-refractivity contribution < 1.29 is 19.0 Å². The van der Waals surface area contributed by atoms with Gasteiger partial charge in [0, 0.05) is 17.4 Å². The van der Waals surface area contributed by atoms with Gasteiger partial charge in [-0.05, 0) is 36.4 Å². The average molecular weight is 468 g/mol. The molecule has 2 aliphatic rings. The molecule has 174 valence electrons. The molecule has 35 heavy (non-hydrogen) atoms. The van der Waals surface area contributed by atoms with Crippen LogP contribution in [0.3, 0.4) is 0 Å². The number of hydrogen-bond donors (Lipinski definition) is 2. The lowest BCUT2D eigenvalue weighted by Crippen LogP contribution is -2.38. The van der Waals surface area contributed by atoms with Crippen molar-refractivity contribution in [3.05, 3.63) is 71.9 Å². The Bertz CT molecular complexity index is 1330. The molecule has 2 N–H and O–H groups in total. The van der Waals surface area contributed by atoms with Crippen molar-refractivity contribution in [1.82, 2.24) is 9.97 Å². The molecule has 5 rings (SSSR count). The van der Waals surface area contributed by atoms with Crippen molar-refractivity contribution in [2.45, 2.75) is 24.4 Å². The molecule has 2 aliphatic heterocycles. The van der Waals surface area contributed by atoms with Gasteiger partial charge >= 0.3 is 6.09 Å². The molecule has 0 radical (unpaired) electrons. The molecule has 0 saturated carbocycles. The van der Waals surface area contributed by atoms with Crippen LogP contribution in [0.15, 0.2) is 60.8 Å². The Morgan fingerprint density at radius 3 is 2.60 bits per heavy atom. The van der Waals surface area contributed by atoms with Crippen LogP contribution in [0.2, 0.25) is 0 Å². The van der Waals surface area contributed by atoms with E-state index in [1.807, 2.05) is 12.1 Å². The van der Waals surface area contributed by atoms with Crippen LogP contribution < -0.4 is 10.6 Å². The smallest absolute Gasteiger partial charge is 0.412 e. The summed E-state index contributed by atoms with van der Waals surface area (Å²) < 4.78 is 17.3. The van der Waals surface area contributed by atoms with Crippen molar-refractivity contribution in [2.75, 3.05) is 23.8 Å². The van der Waals surface area contributed by atoms with Gasteiger partial charge in [0.1, 0.15) is 12.2 Å². The molecule has 2 fully saturated rings. The zero-order valence-corrected chi connectivity index (χ0v) is 18.4. The Kier molecular flexibility index (Phi) is 6.22. The first kappa shape index (κ1) is 22.3. The molecule has 2 aromatic carbocycles. The third-order valence-corrected chi connectivity index (χ3v) is 5.76. The molecule has 3 heterocycles. The first-order valence-corrected chi connectivity index (χ1v) is 10.9. The standard InChI is InChI=1S/C25H20N6O4/c26-11-15-3-1-5-17(9-15)19-7-8-28-24(30-19)31-20-13-33-23-21(14-34-22(20)23)35-25(32)29-18-6-2-4-16(10-18)12-27/h1-10,20-23H,13-14H2,(H,29,32)(H,28,30,31)/t20-,21+,22+,23+/m0/s1. The van der Waals surface area contributed by atoms with E-state index in [0.717, 1.165) is 5.56 Å². The quantitative estimate of drug-likeness (QED) is 0.577. The average Bonchev–Trinajstić information content (AvgIpc) is 3.47. The van der Waals surface area contributed by atoms with Gasteiger partial charge in [0.15, 0.2) is 6.10 Å². The second-order valence-electron chi connectivity index (χ2n) is 8.07. The molecule has 10 nitrogen and oxygen atoms in total. The summed E-state index contributed by atoms with van der Waals surface area (Å²) in [5.41, 5.74) is 2.94. The lowest BCUT2D eigenvalue weighted by Gasteiger charge is -2.18. The van der Waals surface area contributed by atoms with Gasteiger partial charge in [-0.3, -0.25) is 5.32 Å². The van der Waals surface area contributed by atoms with Gasteiger partial charge < -0.3 is 19.5 Å². The number of hydrogen-bond acceptors (Lipinski definition) is 9. The van der Waals surface area contributed by atoms with Crippen molar-refractivity contribution in [2.24, 2.45) is 0 Å². The second-order valence-corrected chi connectivity index (χ2v) is 8.07. The monoisotopic (exact) mass is 468 g/mol. The predicted octanol–water partition coefficient (Wildman–Crippen LogP) is 3.08.